The molecule has 0 heterocycles. The maximum Gasteiger partial charge on any atom is 0.333 e. The molecule has 1 atom stereocenters. The van der Waals surface area contributed by atoms with Gasteiger partial charge in [-0.3, -0.25) is 9.36 Å². The van der Waals surface area contributed by atoms with Crippen LogP contribution in [0.4, 0.5) is 0 Å². The van der Waals surface area contributed by atoms with Crippen molar-refractivity contribution in [2.45, 2.75) is 20.0 Å². The first kappa shape index (κ1) is 14.5. The van der Waals surface area contributed by atoms with Crippen LogP contribution in [-0.2, 0) is 18.4 Å². The molecule has 0 radical (unpaired) electrons. The van der Waals surface area contributed by atoms with Gasteiger partial charge in [0.15, 0.2) is 5.78 Å². The second-order valence-electron chi connectivity index (χ2n) is 2.75. The van der Waals surface area contributed by atoms with E-state index in [0.717, 1.165) is 6.08 Å². The molecule has 0 spiro atoms. The Morgan fingerprint density at radius 1 is 1.47 bits per heavy atom. The monoisotopic (exact) mass is 236 g/mol. The van der Waals surface area contributed by atoms with Gasteiger partial charge in [-0.15, -0.1) is 0 Å². The van der Waals surface area contributed by atoms with Crippen LogP contribution in [0, 0.1) is 0 Å². The molecule has 0 saturated carbocycles. The summed E-state index contributed by atoms with van der Waals surface area (Å²) in [7, 11) is -3.36. The fourth-order valence-electron chi connectivity index (χ4n) is 0.974. The summed E-state index contributed by atoms with van der Waals surface area (Å²) in [6.45, 7) is 6.94. The molecule has 0 bridgehead atoms. The topological polar surface area (TPSA) is 72.8 Å². The fourth-order valence-corrected chi connectivity index (χ4v) is 2.65. The van der Waals surface area contributed by atoms with Gasteiger partial charge < -0.3 is 14.2 Å². The van der Waals surface area contributed by atoms with Gasteiger partial charge >= 0.3 is 7.60 Å². The standard InChI is InChI=1S/C9H17O5P/c1-4-8(10)9(11)7-15(12,13-5-2)14-6-3/h4,9,11H,1,5-7H2,2-3H3. The number of ketones is 1. The molecule has 6 heteroatoms. The van der Waals surface area contributed by atoms with E-state index in [4.69, 9.17) is 9.05 Å². The van der Waals surface area contributed by atoms with Crippen LogP contribution in [0.1, 0.15) is 13.8 Å². The minimum atomic E-state index is -3.36. The van der Waals surface area contributed by atoms with Crippen LogP contribution < -0.4 is 0 Å². The largest absolute Gasteiger partial charge is 0.384 e. The van der Waals surface area contributed by atoms with E-state index in [1.54, 1.807) is 13.8 Å². The lowest BCUT2D eigenvalue weighted by Crippen LogP contribution is -2.23. The van der Waals surface area contributed by atoms with Crippen LogP contribution >= 0.6 is 7.60 Å². The van der Waals surface area contributed by atoms with E-state index in [2.05, 4.69) is 6.58 Å². The van der Waals surface area contributed by atoms with E-state index in [9.17, 15) is 14.5 Å². The van der Waals surface area contributed by atoms with Crippen LogP contribution in [0.15, 0.2) is 12.7 Å². The molecule has 0 saturated heterocycles. The molecule has 0 rings (SSSR count). The van der Waals surface area contributed by atoms with Crippen molar-refractivity contribution in [1.82, 2.24) is 0 Å². The van der Waals surface area contributed by atoms with Gasteiger partial charge in [0.05, 0.1) is 19.4 Å². The number of hydrogen-bond acceptors (Lipinski definition) is 5. The number of hydrogen-bond donors (Lipinski definition) is 1. The van der Waals surface area contributed by atoms with Crippen LogP contribution in [0.2, 0.25) is 0 Å². The zero-order valence-corrected chi connectivity index (χ0v) is 9.90. The van der Waals surface area contributed by atoms with E-state index in [1.807, 2.05) is 0 Å². The summed E-state index contributed by atoms with van der Waals surface area (Å²) in [5, 5.41) is 9.35. The second-order valence-corrected chi connectivity index (χ2v) is 4.85. The minimum Gasteiger partial charge on any atom is -0.384 e. The average Bonchev–Trinajstić information content (AvgIpc) is 2.16. The lowest BCUT2D eigenvalue weighted by molar-refractivity contribution is -0.121. The number of aliphatic hydroxyl groups excluding tert-OH is 1. The van der Waals surface area contributed by atoms with Crippen LogP contribution in [-0.4, -0.2) is 36.4 Å². The predicted octanol–water partition coefficient (Wildman–Crippen LogP) is 1.37. The second kappa shape index (κ2) is 6.90. The van der Waals surface area contributed by atoms with E-state index in [1.165, 1.54) is 0 Å². The Morgan fingerprint density at radius 2 is 1.93 bits per heavy atom. The molecular formula is C9H17O5P. The molecule has 1 N–H and O–H groups in total. The molecule has 88 valence electrons. The van der Waals surface area contributed by atoms with Crippen molar-refractivity contribution in [3.05, 3.63) is 12.7 Å². The SMILES string of the molecule is C=CC(=O)C(O)CP(=O)(OCC)OCC. The molecule has 0 aromatic carbocycles. The molecule has 15 heavy (non-hydrogen) atoms. The quantitative estimate of drug-likeness (QED) is 0.509. The summed E-state index contributed by atoms with van der Waals surface area (Å²) in [5.41, 5.74) is 0. The maximum atomic E-state index is 11.9. The Labute approximate surface area is 89.6 Å². The molecule has 1 unspecified atom stereocenters. The average molecular weight is 236 g/mol. The van der Waals surface area contributed by atoms with Gasteiger partial charge in [-0.25, -0.2) is 0 Å². The normalized spacial score (nSPS) is 13.5. The molecule has 0 aromatic heterocycles. The molecule has 0 aliphatic carbocycles. The number of carbonyl (C=O) groups is 1. The van der Waals surface area contributed by atoms with Gasteiger partial charge in [0.25, 0.3) is 0 Å². The van der Waals surface area contributed by atoms with Gasteiger partial charge in [0.2, 0.25) is 0 Å². The summed E-state index contributed by atoms with van der Waals surface area (Å²) in [6, 6.07) is 0. The Bertz CT molecular complexity index is 253. The lowest BCUT2D eigenvalue weighted by atomic mass is 10.3. The van der Waals surface area contributed by atoms with Crippen molar-refractivity contribution in [1.29, 1.82) is 0 Å². The summed E-state index contributed by atoms with van der Waals surface area (Å²) >= 11 is 0. The smallest absolute Gasteiger partial charge is 0.333 e. The summed E-state index contributed by atoms with van der Waals surface area (Å²) < 4.78 is 21.7. The summed E-state index contributed by atoms with van der Waals surface area (Å²) in [6.07, 6.45) is -0.738. The zero-order valence-electron chi connectivity index (χ0n) is 9.01. The highest BCUT2D eigenvalue weighted by molar-refractivity contribution is 7.53. The minimum absolute atomic E-state index is 0.201. The maximum absolute atomic E-state index is 11.9. The number of aliphatic hydroxyl groups is 1. The highest BCUT2D eigenvalue weighted by atomic mass is 31.2. The third kappa shape index (κ3) is 5.23. The van der Waals surface area contributed by atoms with Gasteiger partial charge in [-0.1, -0.05) is 6.58 Å². The van der Waals surface area contributed by atoms with Crippen molar-refractivity contribution < 1.29 is 23.5 Å². The van der Waals surface area contributed by atoms with Gasteiger partial charge in [-0.2, -0.15) is 0 Å². The van der Waals surface area contributed by atoms with Crippen LogP contribution in [0.25, 0.3) is 0 Å². The van der Waals surface area contributed by atoms with Crippen molar-refractivity contribution >= 4 is 13.4 Å². The van der Waals surface area contributed by atoms with Crippen molar-refractivity contribution in [2.24, 2.45) is 0 Å². The van der Waals surface area contributed by atoms with E-state index >= 15 is 0 Å². The van der Waals surface area contributed by atoms with Crippen molar-refractivity contribution in [3.8, 4) is 0 Å². The van der Waals surface area contributed by atoms with E-state index in [-0.39, 0.29) is 19.4 Å². The third-order valence-electron chi connectivity index (χ3n) is 1.58. The molecule has 0 aromatic rings. The predicted molar refractivity (Wildman–Crippen MR) is 56.9 cm³/mol. The molecule has 0 amide bonds. The highest BCUT2D eigenvalue weighted by Gasteiger charge is 2.29. The first-order valence-corrected chi connectivity index (χ1v) is 6.44. The van der Waals surface area contributed by atoms with Gasteiger partial charge in [-0.05, 0) is 19.9 Å². The number of rotatable bonds is 8. The zero-order chi connectivity index (χ0) is 11.9. The van der Waals surface area contributed by atoms with E-state index < -0.39 is 19.5 Å². The summed E-state index contributed by atoms with van der Waals surface area (Å²) in [5.74, 6) is -0.588. The fraction of sp³-hybridized carbons (Fsp3) is 0.667. The van der Waals surface area contributed by atoms with Crippen molar-refractivity contribution in [2.75, 3.05) is 19.4 Å². The Kier molecular flexibility index (Phi) is 6.68. The Balaban J connectivity index is 4.46. The van der Waals surface area contributed by atoms with E-state index in [0.29, 0.717) is 0 Å². The highest BCUT2D eigenvalue weighted by Crippen LogP contribution is 2.48. The molecule has 0 aliphatic heterocycles. The molecule has 5 nitrogen and oxygen atoms in total. The molecular weight excluding hydrogens is 219 g/mol. The third-order valence-corrected chi connectivity index (χ3v) is 3.67. The first-order chi connectivity index (χ1) is 6.99. The Morgan fingerprint density at radius 3 is 2.27 bits per heavy atom. The van der Waals surface area contributed by atoms with Gasteiger partial charge in [0.1, 0.15) is 6.10 Å². The van der Waals surface area contributed by atoms with Gasteiger partial charge in [0, 0.05) is 0 Å². The van der Waals surface area contributed by atoms with Crippen molar-refractivity contribution in [3.63, 3.8) is 0 Å². The molecule has 0 aliphatic rings. The van der Waals surface area contributed by atoms with Crippen LogP contribution in [0.3, 0.4) is 0 Å². The summed E-state index contributed by atoms with van der Waals surface area (Å²) in [4.78, 5) is 11.0. The number of carbonyl (C=O) groups excluding carboxylic acids is 1. The lowest BCUT2D eigenvalue weighted by Gasteiger charge is -2.18. The first-order valence-electron chi connectivity index (χ1n) is 4.71. The van der Waals surface area contributed by atoms with Crippen LogP contribution in [0.5, 0.6) is 0 Å². The Hall–Kier alpha value is -0.480. The molecule has 0 fully saturated rings.